The van der Waals surface area contributed by atoms with E-state index in [0.29, 0.717) is 24.0 Å². The van der Waals surface area contributed by atoms with Crippen LogP contribution < -0.4 is 0 Å². The van der Waals surface area contributed by atoms with Gasteiger partial charge < -0.3 is 19.3 Å². The molecule has 41 heavy (non-hydrogen) atoms. The van der Waals surface area contributed by atoms with Gasteiger partial charge in [0.05, 0.1) is 35.0 Å². The number of carbonyl (C=O) groups is 2. The molecule has 2 saturated carbocycles. The van der Waals surface area contributed by atoms with Gasteiger partial charge in [-0.25, -0.2) is 9.31 Å². The van der Waals surface area contributed by atoms with Crippen molar-refractivity contribution in [3.05, 3.63) is 59.3 Å². The molecular weight excluding hydrogens is 516 g/mol. The second-order valence-corrected chi connectivity index (χ2v) is 12.3. The molecule has 7 rings (SSSR count). The van der Waals surface area contributed by atoms with E-state index in [-0.39, 0.29) is 23.9 Å². The number of hydrogen-bond donors (Lipinski definition) is 1. The van der Waals surface area contributed by atoms with E-state index in [1.807, 2.05) is 17.0 Å². The molecule has 4 aromatic rings. The number of rotatable bonds is 7. The van der Waals surface area contributed by atoms with E-state index in [4.69, 9.17) is 9.84 Å². The number of hydrogen-bond acceptors (Lipinski definition) is 5. The van der Waals surface area contributed by atoms with Gasteiger partial charge in [0.2, 0.25) is 5.91 Å². The summed E-state index contributed by atoms with van der Waals surface area (Å²) in [6, 6.07) is 12.6. The first-order chi connectivity index (χ1) is 19.9. The molecule has 8 heteroatoms. The molecule has 0 atom stereocenters. The summed E-state index contributed by atoms with van der Waals surface area (Å²) in [4.78, 5) is 27.5. The van der Waals surface area contributed by atoms with Crippen molar-refractivity contribution in [3.8, 4) is 11.4 Å². The van der Waals surface area contributed by atoms with Gasteiger partial charge in [-0.1, -0.05) is 18.2 Å². The summed E-state index contributed by atoms with van der Waals surface area (Å²) in [5.41, 5.74) is 7.15. The monoisotopic (exact) mass is 554 g/mol. The maximum atomic E-state index is 13.2. The van der Waals surface area contributed by atoms with Crippen LogP contribution in [0.1, 0.15) is 72.9 Å². The van der Waals surface area contributed by atoms with Crippen molar-refractivity contribution in [2.45, 2.75) is 70.9 Å². The van der Waals surface area contributed by atoms with Gasteiger partial charge >= 0.3 is 5.97 Å². The second kappa shape index (κ2) is 10.3. The third-order valence-corrected chi connectivity index (χ3v) is 9.40. The highest BCUT2D eigenvalue weighted by molar-refractivity contribution is 5.92. The molecular formula is C33H38N4O4. The molecule has 2 aliphatic carbocycles. The number of amides is 1. The molecule has 1 aromatic carbocycles. The van der Waals surface area contributed by atoms with Gasteiger partial charge in [0.15, 0.2) is 0 Å². The van der Waals surface area contributed by atoms with Gasteiger partial charge in [-0.2, -0.15) is 5.10 Å². The van der Waals surface area contributed by atoms with Crippen molar-refractivity contribution in [1.82, 2.24) is 19.1 Å². The smallest absolute Gasteiger partial charge is 0.339 e. The number of fused-ring (bicyclic) bond motifs is 2. The van der Waals surface area contributed by atoms with E-state index >= 15 is 0 Å². The third-order valence-electron chi connectivity index (χ3n) is 9.40. The number of aliphatic hydroxyl groups excluding tert-OH is 1. The fraction of sp³-hybridized carbons (Fsp3) is 0.485. The van der Waals surface area contributed by atoms with Crippen LogP contribution in [0.5, 0.6) is 0 Å². The predicted octanol–water partition coefficient (Wildman–Crippen LogP) is 5.33. The first-order valence-corrected chi connectivity index (χ1v) is 15.2. The highest BCUT2D eigenvalue weighted by Crippen LogP contribution is 2.41. The molecule has 3 aromatic heterocycles. The Hall–Kier alpha value is -3.65. The lowest BCUT2D eigenvalue weighted by Crippen LogP contribution is -2.51. The van der Waals surface area contributed by atoms with Gasteiger partial charge in [0.1, 0.15) is 5.69 Å². The van der Waals surface area contributed by atoms with Gasteiger partial charge in [0, 0.05) is 48.6 Å². The van der Waals surface area contributed by atoms with E-state index in [2.05, 4.69) is 35.8 Å². The van der Waals surface area contributed by atoms with Crippen molar-refractivity contribution in [1.29, 1.82) is 0 Å². The van der Waals surface area contributed by atoms with Crippen LogP contribution >= 0.6 is 0 Å². The van der Waals surface area contributed by atoms with Crippen LogP contribution in [0.4, 0.5) is 0 Å². The van der Waals surface area contributed by atoms with Crippen molar-refractivity contribution in [2.75, 3.05) is 19.7 Å². The summed E-state index contributed by atoms with van der Waals surface area (Å²) in [5.74, 6) is 0.962. The number of benzene rings is 1. The summed E-state index contributed by atoms with van der Waals surface area (Å²) in [6.07, 6.45) is 7.06. The minimum Gasteiger partial charge on any atom is -0.462 e. The van der Waals surface area contributed by atoms with Crippen LogP contribution in [0.15, 0.2) is 42.6 Å². The minimum absolute atomic E-state index is 0.0582. The molecule has 0 bridgehead atoms. The number of aromatic nitrogens is 3. The van der Waals surface area contributed by atoms with Crippen molar-refractivity contribution in [2.24, 2.45) is 11.8 Å². The molecule has 3 aliphatic rings. The predicted molar refractivity (Wildman–Crippen MR) is 157 cm³/mol. The van der Waals surface area contributed by atoms with Crippen LogP contribution in [-0.4, -0.2) is 61.9 Å². The Morgan fingerprint density at radius 2 is 1.83 bits per heavy atom. The topological polar surface area (TPSA) is 89.1 Å². The number of aliphatic hydroxyl groups is 1. The van der Waals surface area contributed by atoms with Gasteiger partial charge in [-0.3, -0.25) is 4.79 Å². The molecule has 214 valence electrons. The Balaban J connectivity index is 1.23. The molecule has 1 saturated heterocycles. The largest absolute Gasteiger partial charge is 0.462 e. The van der Waals surface area contributed by atoms with Crippen LogP contribution in [0.3, 0.4) is 0 Å². The zero-order chi connectivity index (χ0) is 28.2. The van der Waals surface area contributed by atoms with Crippen molar-refractivity contribution in [3.63, 3.8) is 0 Å². The summed E-state index contributed by atoms with van der Waals surface area (Å²) in [7, 11) is 0. The summed E-state index contributed by atoms with van der Waals surface area (Å²) in [5, 5.41) is 16.0. The zero-order valence-electron chi connectivity index (χ0n) is 23.9. The summed E-state index contributed by atoms with van der Waals surface area (Å²) < 4.78 is 9.47. The number of esters is 1. The zero-order valence-corrected chi connectivity index (χ0v) is 23.9. The molecule has 0 radical (unpaired) electrons. The molecule has 3 fully saturated rings. The minimum atomic E-state index is -0.342. The average molecular weight is 555 g/mol. The lowest BCUT2D eigenvalue weighted by atomic mass is 9.83. The Morgan fingerprint density at radius 3 is 2.56 bits per heavy atom. The van der Waals surface area contributed by atoms with E-state index in [1.54, 1.807) is 17.6 Å². The normalized spacial score (nSPS) is 21.4. The maximum Gasteiger partial charge on any atom is 0.339 e. The number of likely N-dealkylation sites (tertiary alicyclic amines) is 1. The Bertz CT molecular complexity index is 1630. The van der Waals surface area contributed by atoms with E-state index in [0.717, 1.165) is 67.8 Å². The summed E-state index contributed by atoms with van der Waals surface area (Å²) >= 11 is 0. The molecule has 1 N–H and O–H groups in total. The number of para-hydroxylation sites is 1. The number of nitrogens with zero attached hydrogens (tertiary/aromatic N) is 4. The molecule has 0 spiro atoms. The SMILES string of the molecule is CCOC(=O)c1ccc2c(C)c(-c3cc4cccc(C5CN(C(=O)[C@H]6CC[C@H](O)CC6)C5)c4n3CC3CC3)nn2c1. The standard InChI is InChI=1S/C33H38N4O4/c1-3-41-33(40)24-11-14-28-20(2)30(34-37(28)19-24)29-15-23-5-4-6-27(31(23)36(29)16-21-7-8-21)25-17-35(18-25)32(39)22-9-12-26(38)13-10-22/h4-6,11,14-15,19,21-22,25-26,38H,3,7-10,12-13,16-18H2,1-2H3/t22-,26-. The fourth-order valence-corrected chi connectivity index (χ4v) is 6.82. The van der Waals surface area contributed by atoms with Gasteiger partial charge in [0.25, 0.3) is 0 Å². The molecule has 1 aliphatic heterocycles. The fourth-order valence-electron chi connectivity index (χ4n) is 6.82. The van der Waals surface area contributed by atoms with Crippen LogP contribution in [0.2, 0.25) is 0 Å². The molecule has 0 unspecified atom stereocenters. The summed E-state index contributed by atoms with van der Waals surface area (Å²) in [6.45, 7) is 6.71. The lowest BCUT2D eigenvalue weighted by molar-refractivity contribution is -0.141. The van der Waals surface area contributed by atoms with Crippen LogP contribution in [0.25, 0.3) is 27.8 Å². The Labute approximate surface area is 239 Å². The van der Waals surface area contributed by atoms with Gasteiger partial charge in [-0.15, -0.1) is 0 Å². The molecule has 4 heterocycles. The van der Waals surface area contributed by atoms with Crippen LogP contribution in [-0.2, 0) is 16.1 Å². The Morgan fingerprint density at radius 1 is 1.05 bits per heavy atom. The quantitative estimate of drug-likeness (QED) is 0.312. The number of ether oxygens (including phenoxy) is 1. The second-order valence-electron chi connectivity index (χ2n) is 12.3. The number of aryl methyl sites for hydroxylation is 1. The van der Waals surface area contributed by atoms with E-state index < -0.39 is 0 Å². The first kappa shape index (κ1) is 26.3. The first-order valence-electron chi connectivity index (χ1n) is 15.2. The van der Waals surface area contributed by atoms with Crippen LogP contribution in [0, 0.1) is 18.8 Å². The lowest BCUT2D eigenvalue weighted by Gasteiger charge is -2.42. The molecule has 1 amide bonds. The highest BCUT2D eigenvalue weighted by atomic mass is 16.5. The van der Waals surface area contributed by atoms with Gasteiger partial charge in [-0.05, 0) is 82.1 Å². The third kappa shape index (κ3) is 4.72. The maximum absolute atomic E-state index is 13.2. The average Bonchev–Trinajstić information content (AvgIpc) is 3.61. The van der Waals surface area contributed by atoms with Crippen molar-refractivity contribution >= 4 is 28.3 Å². The highest BCUT2D eigenvalue weighted by Gasteiger charge is 2.38. The van der Waals surface area contributed by atoms with Crippen molar-refractivity contribution < 1.29 is 19.4 Å². The van der Waals surface area contributed by atoms with E-state index in [1.165, 1.54) is 29.3 Å². The molecule has 8 nitrogen and oxygen atoms in total. The number of pyridine rings is 1. The Kier molecular flexibility index (Phi) is 6.61. The van der Waals surface area contributed by atoms with E-state index in [9.17, 15) is 14.7 Å². The number of carbonyl (C=O) groups excluding carboxylic acids is 2.